The fourth-order valence-corrected chi connectivity index (χ4v) is 0.976. The van der Waals surface area contributed by atoms with E-state index in [4.69, 9.17) is 4.11 Å². The number of carbonyl (C=O) groups excluding carboxylic acids is 1. The highest BCUT2D eigenvalue weighted by molar-refractivity contribution is 9.10. The van der Waals surface area contributed by atoms with Crippen LogP contribution in [0.2, 0.25) is 0 Å². The molecule has 0 aliphatic rings. The second kappa shape index (κ2) is 3.48. The van der Waals surface area contributed by atoms with Crippen molar-refractivity contribution in [1.82, 2.24) is 4.98 Å². The van der Waals surface area contributed by atoms with Gasteiger partial charge in [0.1, 0.15) is 0 Å². The van der Waals surface area contributed by atoms with Crippen molar-refractivity contribution in [3.63, 3.8) is 0 Å². The van der Waals surface area contributed by atoms with Crippen LogP contribution in [0, 0.1) is 0 Å². The molecule has 3 nitrogen and oxygen atoms in total. The first-order valence-electron chi connectivity index (χ1n) is 4.31. The average molecular weight is 218 g/mol. The maximum Gasteiger partial charge on any atom is 0.221 e. The molecule has 0 fully saturated rings. The Hall–Kier alpha value is -0.900. The Balaban J connectivity index is 2.75. The zero-order valence-corrected chi connectivity index (χ0v) is 7.05. The van der Waals surface area contributed by atoms with Crippen LogP contribution in [-0.4, -0.2) is 10.9 Å². The zero-order valence-electron chi connectivity index (χ0n) is 8.47. The van der Waals surface area contributed by atoms with Crippen molar-refractivity contribution in [3.05, 3.63) is 22.9 Å². The van der Waals surface area contributed by atoms with Crippen LogP contribution in [0.15, 0.2) is 22.9 Å². The van der Waals surface area contributed by atoms with E-state index in [0.717, 1.165) is 0 Å². The molecule has 1 N–H and O–H groups in total. The number of hydrogen-bond acceptors (Lipinski definition) is 2. The van der Waals surface area contributed by atoms with E-state index in [-0.39, 0.29) is 0 Å². The largest absolute Gasteiger partial charge is 0.325 e. The second-order valence-corrected chi connectivity index (χ2v) is 2.76. The summed E-state index contributed by atoms with van der Waals surface area (Å²) in [6.07, 6.45) is 2.90. The highest BCUT2D eigenvalue weighted by atomic mass is 79.9. The smallest absolute Gasteiger partial charge is 0.221 e. The number of anilines is 1. The molecular formula is C7H7BrN2O. The standard InChI is InChI=1S/C7H7BrN2O/c1-5(11)10-7-2-6(8)3-9-4-7/h2-4H,1H3,(H,10,11)/i1D3. The fraction of sp³-hybridized carbons (Fsp3) is 0.143. The van der Waals surface area contributed by atoms with Crippen LogP contribution in [0.3, 0.4) is 0 Å². The van der Waals surface area contributed by atoms with E-state index in [9.17, 15) is 4.79 Å². The van der Waals surface area contributed by atoms with E-state index in [1.165, 1.54) is 12.4 Å². The second-order valence-electron chi connectivity index (χ2n) is 1.85. The molecule has 0 atom stereocenters. The summed E-state index contributed by atoms with van der Waals surface area (Å²) in [7, 11) is 0. The number of halogens is 1. The third-order valence-electron chi connectivity index (χ3n) is 0.963. The third kappa shape index (κ3) is 2.67. The number of rotatable bonds is 1. The summed E-state index contributed by atoms with van der Waals surface area (Å²) in [4.78, 5) is 14.8. The van der Waals surface area contributed by atoms with Gasteiger partial charge in [-0.2, -0.15) is 0 Å². The molecule has 0 aliphatic heterocycles. The molecule has 0 saturated carbocycles. The first kappa shape index (κ1) is 4.87. The molecule has 1 heterocycles. The van der Waals surface area contributed by atoms with Gasteiger partial charge < -0.3 is 5.32 Å². The maximum atomic E-state index is 11.0. The molecule has 1 rings (SSSR count). The van der Waals surface area contributed by atoms with Gasteiger partial charge in [-0.1, -0.05) is 0 Å². The van der Waals surface area contributed by atoms with Crippen molar-refractivity contribution in [1.29, 1.82) is 0 Å². The van der Waals surface area contributed by atoms with E-state index >= 15 is 0 Å². The Kier molecular flexibility index (Phi) is 1.54. The first-order valence-corrected chi connectivity index (χ1v) is 3.61. The fourth-order valence-electron chi connectivity index (χ4n) is 0.611. The van der Waals surface area contributed by atoms with Crippen LogP contribution in [0.1, 0.15) is 11.0 Å². The van der Waals surface area contributed by atoms with Crippen molar-refractivity contribution in [3.8, 4) is 0 Å². The van der Waals surface area contributed by atoms with Crippen LogP contribution in [0.4, 0.5) is 5.69 Å². The number of pyridine rings is 1. The van der Waals surface area contributed by atoms with Crippen LogP contribution in [0.25, 0.3) is 0 Å². The summed E-state index contributed by atoms with van der Waals surface area (Å²) in [6.45, 7) is -2.64. The molecule has 4 heteroatoms. The van der Waals surface area contributed by atoms with Crippen molar-refractivity contribution in [2.75, 3.05) is 5.32 Å². The molecule has 0 saturated heterocycles. The van der Waals surface area contributed by atoms with Gasteiger partial charge >= 0.3 is 0 Å². The van der Waals surface area contributed by atoms with Gasteiger partial charge in [-0.15, -0.1) is 0 Å². The number of amides is 1. The van der Waals surface area contributed by atoms with Crippen LogP contribution in [0.5, 0.6) is 0 Å². The summed E-state index contributed by atoms with van der Waals surface area (Å²) in [5.74, 6) is -1.02. The molecule has 0 aromatic carbocycles. The van der Waals surface area contributed by atoms with Crippen molar-refractivity contribution in [2.24, 2.45) is 0 Å². The molecule has 0 aliphatic carbocycles. The Morgan fingerprint density at radius 2 is 2.64 bits per heavy atom. The summed E-state index contributed by atoms with van der Waals surface area (Å²) < 4.78 is 21.2. The molecule has 0 spiro atoms. The predicted octanol–water partition coefficient (Wildman–Crippen LogP) is 1.80. The first-order chi connectivity index (χ1) is 6.39. The van der Waals surface area contributed by atoms with Gasteiger partial charge in [-0.3, -0.25) is 9.78 Å². The summed E-state index contributed by atoms with van der Waals surface area (Å²) >= 11 is 3.15. The van der Waals surface area contributed by atoms with Gasteiger partial charge in [0, 0.05) is 21.6 Å². The Bertz CT molecular complexity index is 353. The van der Waals surface area contributed by atoms with E-state index in [1.54, 1.807) is 6.07 Å². The molecule has 1 aromatic rings. The lowest BCUT2D eigenvalue weighted by atomic mass is 10.4. The topological polar surface area (TPSA) is 42.0 Å². The Labute approximate surface area is 77.2 Å². The summed E-state index contributed by atoms with van der Waals surface area (Å²) in [6, 6.07) is 1.57. The minimum Gasteiger partial charge on any atom is -0.325 e. The lowest BCUT2D eigenvalue weighted by Gasteiger charge is -1.99. The van der Waals surface area contributed by atoms with Crippen molar-refractivity contribution >= 4 is 27.5 Å². The average Bonchev–Trinajstić information content (AvgIpc) is 2.02. The maximum absolute atomic E-state index is 11.0. The summed E-state index contributed by atoms with van der Waals surface area (Å²) in [5.41, 5.74) is 0.348. The molecule has 0 radical (unpaired) electrons. The van der Waals surface area contributed by atoms with Gasteiger partial charge in [0.05, 0.1) is 11.9 Å². The monoisotopic (exact) mass is 217 g/mol. The number of aromatic nitrogens is 1. The van der Waals surface area contributed by atoms with Crippen LogP contribution >= 0.6 is 15.9 Å². The van der Waals surface area contributed by atoms with Gasteiger partial charge in [0.2, 0.25) is 5.91 Å². The highest BCUT2D eigenvalue weighted by Gasteiger charge is 1.94. The zero-order chi connectivity index (χ0) is 10.8. The molecule has 1 aromatic heterocycles. The number of nitrogens with zero attached hydrogens (tertiary/aromatic N) is 1. The number of nitrogens with one attached hydrogen (secondary N) is 1. The van der Waals surface area contributed by atoms with E-state index in [0.29, 0.717) is 10.2 Å². The lowest BCUT2D eigenvalue weighted by molar-refractivity contribution is -0.114. The van der Waals surface area contributed by atoms with Crippen molar-refractivity contribution < 1.29 is 8.91 Å². The minimum absolute atomic E-state index is 0.348. The normalized spacial score (nSPS) is 14.5. The quantitative estimate of drug-likeness (QED) is 0.780. The van der Waals surface area contributed by atoms with Gasteiger partial charge in [0.25, 0.3) is 0 Å². The predicted molar refractivity (Wildman–Crippen MR) is 46.2 cm³/mol. The van der Waals surface area contributed by atoms with Crippen molar-refractivity contribution in [2.45, 2.75) is 6.85 Å². The minimum atomic E-state index is -2.64. The molecule has 0 unspecified atom stereocenters. The number of carbonyl (C=O) groups is 1. The van der Waals surface area contributed by atoms with E-state index in [1.807, 2.05) is 0 Å². The third-order valence-corrected chi connectivity index (χ3v) is 1.40. The van der Waals surface area contributed by atoms with Gasteiger partial charge in [-0.25, -0.2) is 0 Å². The molecular weight excluding hydrogens is 208 g/mol. The lowest BCUT2D eigenvalue weighted by Crippen LogP contribution is -2.05. The van der Waals surface area contributed by atoms with Crippen LogP contribution in [-0.2, 0) is 4.79 Å². The highest BCUT2D eigenvalue weighted by Crippen LogP contribution is 2.12. The number of hydrogen-bond donors (Lipinski definition) is 1. The van der Waals surface area contributed by atoms with E-state index in [2.05, 4.69) is 26.2 Å². The SMILES string of the molecule is [2H]C([2H])([2H])C(=O)Nc1cncc(Br)c1. The molecule has 1 amide bonds. The summed E-state index contributed by atoms with van der Waals surface area (Å²) in [5, 5.41) is 2.23. The molecule has 0 bridgehead atoms. The molecule has 11 heavy (non-hydrogen) atoms. The van der Waals surface area contributed by atoms with E-state index < -0.39 is 12.8 Å². The Morgan fingerprint density at radius 1 is 1.82 bits per heavy atom. The Morgan fingerprint density at radius 3 is 3.27 bits per heavy atom. The van der Waals surface area contributed by atoms with Crippen LogP contribution < -0.4 is 5.32 Å². The van der Waals surface area contributed by atoms with Gasteiger partial charge in [0.15, 0.2) is 0 Å². The molecule has 58 valence electrons. The van der Waals surface area contributed by atoms with Gasteiger partial charge in [-0.05, 0) is 22.0 Å².